The lowest BCUT2D eigenvalue weighted by Gasteiger charge is -2.31. The van der Waals surface area contributed by atoms with E-state index in [-0.39, 0.29) is 6.10 Å². The topological polar surface area (TPSA) is 78.2 Å². The molecule has 4 rings (SSSR count). The van der Waals surface area contributed by atoms with E-state index in [1.165, 1.54) is 5.56 Å². The number of benzene rings is 1. The third-order valence-electron chi connectivity index (χ3n) is 4.72. The Labute approximate surface area is 164 Å². The summed E-state index contributed by atoms with van der Waals surface area (Å²) in [5.74, 6) is 0.631. The van der Waals surface area contributed by atoms with Crippen molar-refractivity contribution in [3.05, 3.63) is 60.0 Å². The Morgan fingerprint density at radius 3 is 2.86 bits per heavy atom. The first-order chi connectivity index (χ1) is 13.8. The van der Waals surface area contributed by atoms with Crippen molar-refractivity contribution in [3.63, 3.8) is 0 Å². The lowest BCUT2D eigenvalue weighted by Crippen LogP contribution is -2.38. The van der Waals surface area contributed by atoms with Gasteiger partial charge in [-0.05, 0) is 22.9 Å². The monoisotopic (exact) mass is 380 g/mol. The fourth-order valence-electron chi connectivity index (χ4n) is 3.23. The number of nitrogens with zero attached hydrogens (tertiary/aromatic N) is 6. The van der Waals surface area contributed by atoms with Gasteiger partial charge in [-0.2, -0.15) is 4.80 Å². The normalized spacial score (nSPS) is 17.7. The Hall–Kier alpha value is -2.68. The van der Waals surface area contributed by atoms with Crippen LogP contribution in [-0.4, -0.2) is 63.5 Å². The van der Waals surface area contributed by atoms with Gasteiger partial charge in [-0.25, -0.2) is 0 Å². The number of hydrogen-bond acceptors (Lipinski definition) is 7. The molecule has 1 aliphatic heterocycles. The molecule has 0 N–H and O–H groups in total. The molecule has 28 heavy (non-hydrogen) atoms. The summed E-state index contributed by atoms with van der Waals surface area (Å²) in [4.78, 5) is 8.32. The Morgan fingerprint density at radius 2 is 2.07 bits per heavy atom. The first-order valence-corrected chi connectivity index (χ1v) is 9.43. The molecule has 3 aromatic rings. The molecule has 1 aliphatic rings. The SMILES string of the molecule is COCCn1nnc(C2CN(Cc3ccc(-c4ccccn4)cc3)CCO2)n1. The van der Waals surface area contributed by atoms with Crippen LogP contribution >= 0.6 is 0 Å². The highest BCUT2D eigenvalue weighted by atomic mass is 16.5. The number of pyridine rings is 1. The minimum Gasteiger partial charge on any atom is -0.383 e. The Bertz CT molecular complexity index is 868. The fourth-order valence-corrected chi connectivity index (χ4v) is 3.23. The van der Waals surface area contributed by atoms with Gasteiger partial charge >= 0.3 is 0 Å². The van der Waals surface area contributed by atoms with Gasteiger partial charge in [0.25, 0.3) is 0 Å². The minimum absolute atomic E-state index is 0.155. The minimum atomic E-state index is -0.155. The highest BCUT2D eigenvalue weighted by Gasteiger charge is 2.25. The third kappa shape index (κ3) is 4.59. The molecule has 2 aromatic heterocycles. The molecular weight excluding hydrogens is 356 g/mol. The molecule has 8 heteroatoms. The van der Waals surface area contributed by atoms with E-state index in [0.29, 0.717) is 25.6 Å². The van der Waals surface area contributed by atoms with Crippen molar-refractivity contribution in [3.8, 4) is 11.3 Å². The molecule has 1 aromatic carbocycles. The average Bonchev–Trinajstić information content (AvgIpc) is 3.23. The van der Waals surface area contributed by atoms with Gasteiger partial charge in [-0.3, -0.25) is 9.88 Å². The van der Waals surface area contributed by atoms with Gasteiger partial charge in [0.2, 0.25) is 5.82 Å². The Kier molecular flexibility index (Phi) is 6.01. The standard InChI is InChI=1S/C20H24N6O2/c1-27-12-11-26-23-20(22-24-26)19-15-25(10-13-28-19)14-16-5-7-17(8-6-16)18-4-2-3-9-21-18/h2-9,19H,10-15H2,1H3. The van der Waals surface area contributed by atoms with Gasteiger partial charge in [-0.15, -0.1) is 10.2 Å². The lowest BCUT2D eigenvalue weighted by atomic mass is 10.1. The summed E-state index contributed by atoms with van der Waals surface area (Å²) in [5, 5.41) is 12.6. The molecule has 0 aliphatic carbocycles. The molecule has 3 heterocycles. The van der Waals surface area contributed by atoms with Crippen LogP contribution in [0, 0.1) is 0 Å². The first kappa shape index (κ1) is 18.7. The van der Waals surface area contributed by atoms with Gasteiger partial charge in [0.05, 0.1) is 25.5 Å². The molecule has 8 nitrogen and oxygen atoms in total. The second-order valence-corrected chi connectivity index (χ2v) is 6.74. The molecule has 0 bridgehead atoms. The highest BCUT2D eigenvalue weighted by Crippen LogP contribution is 2.22. The number of hydrogen-bond donors (Lipinski definition) is 0. The van der Waals surface area contributed by atoms with E-state index in [4.69, 9.17) is 9.47 Å². The zero-order valence-corrected chi connectivity index (χ0v) is 15.9. The van der Waals surface area contributed by atoms with E-state index in [2.05, 4.69) is 49.6 Å². The second kappa shape index (κ2) is 9.01. The van der Waals surface area contributed by atoms with Gasteiger partial charge in [0.1, 0.15) is 6.10 Å². The van der Waals surface area contributed by atoms with Crippen LogP contribution in [0.15, 0.2) is 48.7 Å². The van der Waals surface area contributed by atoms with Gasteiger partial charge in [-0.1, -0.05) is 30.3 Å². The largest absolute Gasteiger partial charge is 0.383 e. The molecule has 1 saturated heterocycles. The molecule has 0 radical (unpaired) electrons. The van der Waals surface area contributed by atoms with Crippen molar-refractivity contribution in [2.45, 2.75) is 19.2 Å². The van der Waals surface area contributed by atoms with Crippen LogP contribution in [0.1, 0.15) is 17.5 Å². The summed E-state index contributed by atoms with van der Waals surface area (Å²) in [6.45, 7) is 4.29. The summed E-state index contributed by atoms with van der Waals surface area (Å²) in [6.07, 6.45) is 1.66. The molecular formula is C20H24N6O2. The van der Waals surface area contributed by atoms with E-state index in [0.717, 1.165) is 30.9 Å². The maximum absolute atomic E-state index is 5.87. The second-order valence-electron chi connectivity index (χ2n) is 6.74. The van der Waals surface area contributed by atoms with Crippen LogP contribution in [-0.2, 0) is 22.6 Å². The summed E-state index contributed by atoms with van der Waals surface area (Å²) in [5.41, 5.74) is 3.38. The van der Waals surface area contributed by atoms with Crippen LogP contribution in [0.4, 0.5) is 0 Å². The van der Waals surface area contributed by atoms with Gasteiger partial charge < -0.3 is 9.47 Å². The zero-order valence-electron chi connectivity index (χ0n) is 15.9. The summed E-state index contributed by atoms with van der Waals surface area (Å²) >= 11 is 0. The first-order valence-electron chi connectivity index (χ1n) is 9.43. The summed E-state index contributed by atoms with van der Waals surface area (Å²) < 4.78 is 10.9. The van der Waals surface area contributed by atoms with E-state index in [1.54, 1.807) is 11.9 Å². The predicted molar refractivity (Wildman–Crippen MR) is 103 cm³/mol. The molecule has 146 valence electrons. The maximum Gasteiger partial charge on any atom is 0.204 e. The Morgan fingerprint density at radius 1 is 1.18 bits per heavy atom. The van der Waals surface area contributed by atoms with Crippen LogP contribution in [0.25, 0.3) is 11.3 Å². The van der Waals surface area contributed by atoms with E-state index < -0.39 is 0 Å². The highest BCUT2D eigenvalue weighted by molar-refractivity contribution is 5.58. The smallest absolute Gasteiger partial charge is 0.204 e. The number of methoxy groups -OCH3 is 1. The van der Waals surface area contributed by atoms with Crippen LogP contribution in [0.2, 0.25) is 0 Å². The number of ether oxygens (including phenoxy) is 2. The van der Waals surface area contributed by atoms with Crippen LogP contribution < -0.4 is 0 Å². The van der Waals surface area contributed by atoms with Crippen molar-refractivity contribution in [2.75, 3.05) is 33.4 Å². The van der Waals surface area contributed by atoms with Crippen molar-refractivity contribution in [1.82, 2.24) is 30.1 Å². The van der Waals surface area contributed by atoms with E-state index >= 15 is 0 Å². The number of rotatable bonds is 7. The van der Waals surface area contributed by atoms with Crippen LogP contribution in [0.3, 0.4) is 0 Å². The average molecular weight is 380 g/mol. The van der Waals surface area contributed by atoms with Crippen LogP contribution in [0.5, 0.6) is 0 Å². The molecule has 1 fully saturated rings. The Balaban J connectivity index is 1.36. The molecule has 0 spiro atoms. The van der Waals surface area contributed by atoms with Crippen molar-refractivity contribution < 1.29 is 9.47 Å². The molecule has 1 atom stereocenters. The van der Waals surface area contributed by atoms with Gasteiger partial charge in [0.15, 0.2) is 0 Å². The number of aromatic nitrogens is 5. The number of morpholine rings is 1. The quantitative estimate of drug-likeness (QED) is 0.620. The summed E-state index contributed by atoms with van der Waals surface area (Å²) in [6, 6.07) is 14.5. The van der Waals surface area contributed by atoms with Gasteiger partial charge in [0, 0.05) is 38.5 Å². The molecule has 1 unspecified atom stereocenters. The van der Waals surface area contributed by atoms with Crippen molar-refractivity contribution in [1.29, 1.82) is 0 Å². The molecule has 0 amide bonds. The van der Waals surface area contributed by atoms with Crippen molar-refractivity contribution >= 4 is 0 Å². The molecule has 0 saturated carbocycles. The number of tetrazole rings is 1. The predicted octanol–water partition coefficient (Wildman–Crippen LogP) is 1.95. The zero-order chi connectivity index (χ0) is 19.2. The van der Waals surface area contributed by atoms with E-state index in [1.807, 2.05) is 24.4 Å². The fraction of sp³-hybridized carbons (Fsp3) is 0.400. The van der Waals surface area contributed by atoms with E-state index in [9.17, 15) is 0 Å². The van der Waals surface area contributed by atoms with Crippen molar-refractivity contribution in [2.24, 2.45) is 0 Å². The maximum atomic E-state index is 5.87. The third-order valence-corrected chi connectivity index (χ3v) is 4.72. The summed E-state index contributed by atoms with van der Waals surface area (Å²) in [7, 11) is 1.66. The lowest BCUT2D eigenvalue weighted by molar-refractivity contribution is -0.0373.